The second-order valence-electron chi connectivity index (χ2n) is 7.73. The van der Waals surface area contributed by atoms with Crippen molar-refractivity contribution in [2.45, 2.75) is 70.2 Å². The van der Waals surface area contributed by atoms with E-state index in [-0.39, 0.29) is 6.10 Å². The van der Waals surface area contributed by atoms with Crippen molar-refractivity contribution in [2.75, 3.05) is 20.1 Å². The first-order valence-electron chi connectivity index (χ1n) is 10.2. The normalized spacial score (nSPS) is 20.9. The molecule has 1 aliphatic heterocycles. The van der Waals surface area contributed by atoms with Crippen molar-refractivity contribution in [3.63, 3.8) is 0 Å². The number of benzene rings is 1. The van der Waals surface area contributed by atoms with E-state index in [0.717, 1.165) is 45.0 Å². The highest BCUT2D eigenvalue weighted by atomic mass is 16.3. The van der Waals surface area contributed by atoms with Crippen LogP contribution < -0.4 is 10.6 Å². The second kappa shape index (κ2) is 9.93. The maximum atomic E-state index is 9.61. The van der Waals surface area contributed by atoms with Crippen molar-refractivity contribution < 1.29 is 5.11 Å². The SMILES string of the molecule is CN=C(NCc1ccc(CN2CCC(O)CC2)cc1)NC1CCCCC1. The van der Waals surface area contributed by atoms with Crippen LogP contribution in [0.5, 0.6) is 0 Å². The van der Waals surface area contributed by atoms with Crippen LogP contribution in [0.25, 0.3) is 0 Å². The van der Waals surface area contributed by atoms with Crippen LogP contribution in [0.3, 0.4) is 0 Å². The summed E-state index contributed by atoms with van der Waals surface area (Å²) in [5, 5.41) is 16.6. The Balaban J connectivity index is 1.43. The van der Waals surface area contributed by atoms with Gasteiger partial charge in [0, 0.05) is 39.3 Å². The van der Waals surface area contributed by atoms with Crippen LogP contribution in [0.15, 0.2) is 29.3 Å². The summed E-state index contributed by atoms with van der Waals surface area (Å²) in [7, 11) is 1.84. The third-order valence-electron chi connectivity index (χ3n) is 5.62. The lowest BCUT2D eigenvalue weighted by atomic mass is 9.96. The maximum Gasteiger partial charge on any atom is 0.191 e. The number of piperidine rings is 1. The summed E-state index contributed by atoms with van der Waals surface area (Å²) < 4.78 is 0. The second-order valence-corrected chi connectivity index (χ2v) is 7.73. The Morgan fingerprint density at radius 3 is 2.35 bits per heavy atom. The number of rotatable bonds is 5. The molecule has 1 aliphatic carbocycles. The van der Waals surface area contributed by atoms with Crippen LogP contribution in [0.4, 0.5) is 0 Å². The molecule has 3 N–H and O–H groups in total. The van der Waals surface area contributed by atoms with Gasteiger partial charge in [-0.25, -0.2) is 0 Å². The van der Waals surface area contributed by atoms with Gasteiger partial charge >= 0.3 is 0 Å². The number of likely N-dealkylation sites (tertiary alicyclic amines) is 1. The van der Waals surface area contributed by atoms with Gasteiger partial charge in [-0.3, -0.25) is 9.89 Å². The topological polar surface area (TPSA) is 59.9 Å². The van der Waals surface area contributed by atoms with Crippen molar-refractivity contribution in [1.29, 1.82) is 0 Å². The Morgan fingerprint density at radius 2 is 1.69 bits per heavy atom. The summed E-state index contributed by atoms with van der Waals surface area (Å²) >= 11 is 0. The highest BCUT2D eigenvalue weighted by molar-refractivity contribution is 5.79. The number of aliphatic imine (C=N–C) groups is 1. The first-order chi connectivity index (χ1) is 12.7. The summed E-state index contributed by atoms with van der Waals surface area (Å²) in [4.78, 5) is 6.79. The van der Waals surface area contributed by atoms with Gasteiger partial charge in [0.15, 0.2) is 5.96 Å². The number of aliphatic hydroxyl groups excluding tert-OH is 1. The molecule has 0 radical (unpaired) electrons. The maximum absolute atomic E-state index is 9.61. The summed E-state index contributed by atoms with van der Waals surface area (Å²) in [5.41, 5.74) is 2.62. The largest absolute Gasteiger partial charge is 0.393 e. The molecule has 1 aromatic rings. The Bertz CT molecular complexity index is 558. The molecule has 0 unspecified atom stereocenters. The Hall–Kier alpha value is -1.59. The zero-order valence-electron chi connectivity index (χ0n) is 16.1. The molecule has 0 spiro atoms. The van der Waals surface area contributed by atoms with E-state index in [1.165, 1.54) is 43.2 Å². The van der Waals surface area contributed by atoms with E-state index in [4.69, 9.17) is 0 Å². The quantitative estimate of drug-likeness (QED) is 0.559. The first kappa shape index (κ1) is 19.2. The lowest BCUT2D eigenvalue weighted by Crippen LogP contribution is -2.43. The lowest BCUT2D eigenvalue weighted by Gasteiger charge is -2.29. The molecule has 2 fully saturated rings. The minimum absolute atomic E-state index is 0.101. The Kier molecular flexibility index (Phi) is 7.32. The van der Waals surface area contributed by atoms with Gasteiger partial charge < -0.3 is 15.7 Å². The standard InChI is InChI=1S/C21H34N4O/c1-22-21(24-19-5-3-2-4-6-19)23-15-17-7-9-18(10-8-17)16-25-13-11-20(26)12-14-25/h7-10,19-20,26H,2-6,11-16H2,1H3,(H2,22,23,24). The molecule has 5 nitrogen and oxygen atoms in total. The van der Waals surface area contributed by atoms with Crippen molar-refractivity contribution in [2.24, 2.45) is 4.99 Å². The summed E-state index contributed by atoms with van der Waals surface area (Å²) in [6, 6.07) is 9.42. The number of nitrogens with zero attached hydrogens (tertiary/aromatic N) is 2. The number of hydrogen-bond donors (Lipinski definition) is 3. The van der Waals surface area contributed by atoms with Gasteiger partial charge in [-0.2, -0.15) is 0 Å². The van der Waals surface area contributed by atoms with Gasteiger partial charge in [-0.05, 0) is 36.8 Å². The molecule has 0 atom stereocenters. The minimum atomic E-state index is -0.101. The van der Waals surface area contributed by atoms with Crippen molar-refractivity contribution in [1.82, 2.24) is 15.5 Å². The van der Waals surface area contributed by atoms with Gasteiger partial charge in [0.2, 0.25) is 0 Å². The third kappa shape index (κ3) is 5.99. The van der Waals surface area contributed by atoms with E-state index in [1.54, 1.807) is 0 Å². The average Bonchev–Trinajstić information content (AvgIpc) is 2.69. The fourth-order valence-electron chi connectivity index (χ4n) is 3.92. The summed E-state index contributed by atoms with van der Waals surface area (Å²) in [5.74, 6) is 0.910. The fourth-order valence-corrected chi connectivity index (χ4v) is 3.92. The van der Waals surface area contributed by atoms with Gasteiger partial charge in [0.1, 0.15) is 0 Å². The monoisotopic (exact) mass is 358 g/mol. The Labute approximate surface area is 157 Å². The molecule has 1 heterocycles. The highest BCUT2D eigenvalue weighted by Gasteiger charge is 2.17. The van der Waals surface area contributed by atoms with E-state index < -0.39 is 0 Å². The molecule has 2 aliphatic rings. The molecule has 0 aromatic heterocycles. The predicted molar refractivity (Wildman–Crippen MR) is 107 cm³/mol. The first-order valence-corrected chi connectivity index (χ1v) is 10.2. The van der Waals surface area contributed by atoms with Gasteiger partial charge in [0.25, 0.3) is 0 Å². The van der Waals surface area contributed by atoms with Crippen molar-refractivity contribution in [3.05, 3.63) is 35.4 Å². The van der Waals surface area contributed by atoms with Crippen LogP contribution in [-0.2, 0) is 13.1 Å². The number of aliphatic hydroxyl groups is 1. The molecule has 144 valence electrons. The number of nitrogens with one attached hydrogen (secondary N) is 2. The highest BCUT2D eigenvalue weighted by Crippen LogP contribution is 2.17. The zero-order valence-corrected chi connectivity index (χ0v) is 16.1. The molecule has 5 heteroatoms. The van der Waals surface area contributed by atoms with Crippen LogP contribution in [0, 0.1) is 0 Å². The summed E-state index contributed by atoms with van der Waals surface area (Å²) in [6.07, 6.45) is 8.22. The molecule has 1 saturated carbocycles. The van der Waals surface area contributed by atoms with Crippen molar-refractivity contribution >= 4 is 5.96 Å². The van der Waals surface area contributed by atoms with Crippen molar-refractivity contribution in [3.8, 4) is 0 Å². The molecular weight excluding hydrogens is 324 g/mol. The Morgan fingerprint density at radius 1 is 1.04 bits per heavy atom. The minimum Gasteiger partial charge on any atom is -0.393 e. The predicted octanol–water partition coefficient (Wildman–Crippen LogP) is 2.64. The van der Waals surface area contributed by atoms with E-state index in [0.29, 0.717) is 6.04 Å². The summed E-state index contributed by atoms with van der Waals surface area (Å²) in [6.45, 7) is 3.76. The molecule has 0 bridgehead atoms. The van der Waals surface area contributed by atoms with E-state index in [1.807, 2.05) is 7.05 Å². The van der Waals surface area contributed by atoms with E-state index in [9.17, 15) is 5.11 Å². The number of guanidine groups is 1. The molecular formula is C21H34N4O. The van der Waals surface area contributed by atoms with E-state index in [2.05, 4.69) is 44.8 Å². The third-order valence-corrected chi connectivity index (χ3v) is 5.62. The zero-order chi connectivity index (χ0) is 18.2. The van der Waals surface area contributed by atoms with Crippen LogP contribution in [0.2, 0.25) is 0 Å². The van der Waals surface area contributed by atoms with Gasteiger partial charge in [-0.15, -0.1) is 0 Å². The lowest BCUT2D eigenvalue weighted by molar-refractivity contribution is 0.0792. The van der Waals surface area contributed by atoms with Gasteiger partial charge in [-0.1, -0.05) is 43.5 Å². The van der Waals surface area contributed by atoms with Crippen LogP contribution in [0.1, 0.15) is 56.1 Å². The molecule has 0 amide bonds. The van der Waals surface area contributed by atoms with Crippen LogP contribution in [-0.4, -0.2) is 48.2 Å². The molecule has 1 saturated heterocycles. The molecule has 3 rings (SSSR count). The fraction of sp³-hybridized carbons (Fsp3) is 0.667. The molecule has 1 aromatic carbocycles. The molecule has 26 heavy (non-hydrogen) atoms. The van der Waals surface area contributed by atoms with E-state index >= 15 is 0 Å². The average molecular weight is 359 g/mol. The van der Waals surface area contributed by atoms with Gasteiger partial charge in [0.05, 0.1) is 6.10 Å². The smallest absolute Gasteiger partial charge is 0.191 e. The number of hydrogen-bond acceptors (Lipinski definition) is 3. The van der Waals surface area contributed by atoms with Crippen LogP contribution >= 0.6 is 0 Å².